The number of hydrogen-bond donors (Lipinski definition) is 1. The van der Waals surface area contributed by atoms with E-state index in [9.17, 15) is 14.9 Å². The molecular weight excluding hydrogens is 386 g/mol. The first-order valence-corrected chi connectivity index (χ1v) is 9.00. The zero-order valence-electron chi connectivity index (χ0n) is 16.0. The third-order valence-electron chi connectivity index (χ3n) is 4.54. The fraction of sp³-hybridized carbons (Fsp3) is 0.100. The van der Waals surface area contributed by atoms with Crippen LogP contribution >= 0.6 is 0 Å². The maximum atomic E-state index is 12.6. The molecule has 0 radical (unpaired) electrons. The number of aromatic nitrogens is 5. The lowest BCUT2D eigenvalue weighted by molar-refractivity contribution is -0.384. The second-order valence-corrected chi connectivity index (χ2v) is 6.53. The van der Waals surface area contributed by atoms with Gasteiger partial charge in [0.05, 0.1) is 4.92 Å². The molecule has 0 fully saturated rings. The van der Waals surface area contributed by atoms with Gasteiger partial charge in [0, 0.05) is 56.2 Å². The molecule has 10 heteroatoms. The Hall–Kier alpha value is -4.34. The molecule has 0 aliphatic rings. The van der Waals surface area contributed by atoms with Gasteiger partial charge in [-0.1, -0.05) is 0 Å². The highest BCUT2D eigenvalue weighted by molar-refractivity contribution is 6.07. The van der Waals surface area contributed by atoms with Crippen molar-refractivity contribution in [2.45, 2.75) is 6.54 Å². The highest BCUT2D eigenvalue weighted by Gasteiger charge is 2.20. The molecule has 150 valence electrons. The average Bonchev–Trinajstić information content (AvgIpc) is 3.44. The van der Waals surface area contributed by atoms with E-state index in [4.69, 9.17) is 0 Å². The van der Waals surface area contributed by atoms with E-state index in [1.807, 2.05) is 12.1 Å². The van der Waals surface area contributed by atoms with Gasteiger partial charge in [-0.2, -0.15) is 0 Å². The number of benzene rings is 1. The fourth-order valence-electron chi connectivity index (χ4n) is 2.99. The van der Waals surface area contributed by atoms with Crippen molar-refractivity contribution in [3.05, 3.63) is 94.7 Å². The van der Waals surface area contributed by atoms with Crippen LogP contribution in [0, 0.1) is 10.1 Å². The van der Waals surface area contributed by atoms with E-state index < -0.39 is 4.92 Å². The summed E-state index contributed by atoms with van der Waals surface area (Å²) in [4.78, 5) is 36.0. The molecule has 0 amide bonds. The van der Waals surface area contributed by atoms with Crippen LogP contribution in [-0.2, 0) is 13.6 Å². The van der Waals surface area contributed by atoms with Crippen LogP contribution in [0.5, 0.6) is 0 Å². The van der Waals surface area contributed by atoms with Crippen molar-refractivity contribution >= 4 is 17.2 Å². The van der Waals surface area contributed by atoms with Crippen molar-refractivity contribution in [1.82, 2.24) is 24.1 Å². The summed E-state index contributed by atoms with van der Waals surface area (Å²) in [6, 6.07) is 8.03. The van der Waals surface area contributed by atoms with Crippen molar-refractivity contribution in [1.29, 1.82) is 0 Å². The lowest BCUT2D eigenvalue weighted by Gasteiger charge is -2.10. The second kappa shape index (κ2) is 7.95. The minimum Gasteiger partial charge on any atom is -0.375 e. The molecular formula is C20H17N7O3. The predicted octanol–water partition coefficient (Wildman–Crippen LogP) is 2.75. The lowest BCUT2D eigenvalue weighted by atomic mass is 10.1. The van der Waals surface area contributed by atoms with Gasteiger partial charge in [-0.3, -0.25) is 19.5 Å². The molecule has 0 spiro atoms. The molecule has 4 aromatic rings. The van der Waals surface area contributed by atoms with E-state index in [-0.39, 0.29) is 22.9 Å². The van der Waals surface area contributed by atoms with E-state index in [0.717, 1.165) is 5.56 Å². The molecule has 0 bridgehead atoms. The highest BCUT2D eigenvalue weighted by atomic mass is 16.6. The zero-order chi connectivity index (χ0) is 21.1. The Morgan fingerprint density at radius 3 is 2.70 bits per heavy atom. The van der Waals surface area contributed by atoms with Gasteiger partial charge in [-0.25, -0.2) is 15.0 Å². The standard InChI is InChI=1S/C20H17N7O3/c1-25-8-7-23-20(25)19(28)15-2-3-16(17(11-15)27(29)30)24-12-14-4-5-22-18(10-14)26-9-6-21-13-26/h2-11,13,24H,12H2,1H3. The lowest BCUT2D eigenvalue weighted by Crippen LogP contribution is -2.10. The van der Waals surface area contributed by atoms with Gasteiger partial charge in [0.25, 0.3) is 5.69 Å². The van der Waals surface area contributed by atoms with E-state index in [1.54, 1.807) is 53.4 Å². The van der Waals surface area contributed by atoms with Crippen LogP contribution in [0.2, 0.25) is 0 Å². The molecule has 0 aliphatic heterocycles. The molecule has 0 atom stereocenters. The van der Waals surface area contributed by atoms with Gasteiger partial charge in [0.15, 0.2) is 5.82 Å². The first-order valence-electron chi connectivity index (χ1n) is 9.00. The minimum atomic E-state index is -0.513. The van der Waals surface area contributed by atoms with E-state index in [2.05, 4.69) is 20.3 Å². The van der Waals surface area contributed by atoms with Crippen molar-refractivity contribution in [2.24, 2.45) is 7.05 Å². The maximum Gasteiger partial charge on any atom is 0.293 e. The van der Waals surface area contributed by atoms with Gasteiger partial charge < -0.3 is 9.88 Å². The van der Waals surface area contributed by atoms with Crippen LogP contribution in [0.15, 0.2) is 67.6 Å². The number of anilines is 1. The molecule has 3 aromatic heterocycles. The largest absolute Gasteiger partial charge is 0.375 e. The van der Waals surface area contributed by atoms with E-state index in [0.29, 0.717) is 18.1 Å². The summed E-state index contributed by atoms with van der Waals surface area (Å²) in [6.45, 7) is 0.345. The topological polar surface area (TPSA) is 121 Å². The molecule has 1 N–H and O–H groups in total. The summed E-state index contributed by atoms with van der Waals surface area (Å²) in [5.41, 5.74) is 1.22. The van der Waals surface area contributed by atoms with Crippen LogP contribution in [0.4, 0.5) is 11.4 Å². The highest BCUT2D eigenvalue weighted by Crippen LogP contribution is 2.27. The normalized spacial score (nSPS) is 10.7. The third kappa shape index (κ3) is 3.78. The number of nitro benzene ring substituents is 1. The Kier molecular flexibility index (Phi) is 5.04. The van der Waals surface area contributed by atoms with Gasteiger partial charge in [-0.15, -0.1) is 0 Å². The first-order chi connectivity index (χ1) is 14.5. The smallest absolute Gasteiger partial charge is 0.293 e. The molecule has 10 nitrogen and oxygen atoms in total. The summed E-state index contributed by atoms with van der Waals surface area (Å²) in [5, 5.41) is 14.7. The number of carbonyl (C=O) groups excluding carboxylic acids is 1. The molecule has 30 heavy (non-hydrogen) atoms. The van der Waals surface area contributed by atoms with Crippen molar-refractivity contribution in [3.63, 3.8) is 0 Å². The Balaban J connectivity index is 1.56. The number of nitrogens with zero attached hydrogens (tertiary/aromatic N) is 6. The molecule has 0 saturated carbocycles. The first kappa shape index (κ1) is 19.0. The second-order valence-electron chi connectivity index (χ2n) is 6.53. The quantitative estimate of drug-likeness (QED) is 0.286. The van der Waals surface area contributed by atoms with Gasteiger partial charge >= 0.3 is 0 Å². The molecule has 0 saturated heterocycles. The molecule has 0 aliphatic carbocycles. The van der Waals surface area contributed by atoms with Gasteiger partial charge in [-0.05, 0) is 29.8 Å². The molecule has 4 rings (SSSR count). The number of ketones is 1. The summed E-state index contributed by atoms with van der Waals surface area (Å²) in [5.74, 6) is 0.530. The molecule has 0 unspecified atom stereocenters. The van der Waals surface area contributed by atoms with Crippen LogP contribution in [0.1, 0.15) is 21.7 Å². The number of nitro groups is 1. The number of nitrogens with one attached hydrogen (secondary N) is 1. The van der Waals surface area contributed by atoms with Crippen LogP contribution in [0.3, 0.4) is 0 Å². The Bertz CT molecular complexity index is 1210. The fourth-order valence-corrected chi connectivity index (χ4v) is 2.99. The summed E-state index contributed by atoms with van der Waals surface area (Å²) < 4.78 is 3.34. The number of aryl methyl sites for hydroxylation is 1. The predicted molar refractivity (Wildman–Crippen MR) is 108 cm³/mol. The maximum absolute atomic E-state index is 12.6. The minimum absolute atomic E-state index is 0.182. The van der Waals surface area contributed by atoms with Gasteiger partial charge in [0.2, 0.25) is 5.78 Å². The summed E-state index contributed by atoms with van der Waals surface area (Å²) >= 11 is 0. The SMILES string of the molecule is Cn1ccnc1C(=O)c1ccc(NCc2ccnc(-n3ccnc3)c2)c([N+](=O)[O-])c1. The summed E-state index contributed by atoms with van der Waals surface area (Å²) in [7, 11) is 1.69. The van der Waals surface area contributed by atoms with Crippen LogP contribution in [-0.4, -0.2) is 34.8 Å². The zero-order valence-corrected chi connectivity index (χ0v) is 16.0. The van der Waals surface area contributed by atoms with E-state index in [1.165, 1.54) is 18.3 Å². The van der Waals surface area contributed by atoms with Crippen molar-refractivity contribution in [2.75, 3.05) is 5.32 Å². The summed E-state index contributed by atoms with van der Waals surface area (Å²) in [6.07, 6.45) is 9.89. The van der Waals surface area contributed by atoms with Crippen LogP contribution in [0.25, 0.3) is 5.82 Å². The number of pyridine rings is 1. The van der Waals surface area contributed by atoms with Crippen molar-refractivity contribution < 1.29 is 9.72 Å². The van der Waals surface area contributed by atoms with Gasteiger partial charge in [0.1, 0.15) is 17.8 Å². The third-order valence-corrected chi connectivity index (χ3v) is 4.54. The Labute approximate surface area is 171 Å². The number of rotatable bonds is 7. The van der Waals surface area contributed by atoms with E-state index >= 15 is 0 Å². The number of imidazole rings is 2. The van der Waals surface area contributed by atoms with Crippen molar-refractivity contribution in [3.8, 4) is 5.82 Å². The monoisotopic (exact) mass is 403 g/mol. The Morgan fingerprint density at radius 1 is 1.13 bits per heavy atom. The number of carbonyl (C=O) groups is 1. The molecule has 1 aromatic carbocycles. The Morgan fingerprint density at radius 2 is 2.00 bits per heavy atom. The van der Waals surface area contributed by atoms with Crippen LogP contribution < -0.4 is 5.32 Å². The number of hydrogen-bond acceptors (Lipinski definition) is 7. The molecule has 3 heterocycles. The average molecular weight is 403 g/mol.